The number of halogens is 3. The molecule has 0 unspecified atom stereocenters. The molecule has 0 aromatic heterocycles. The van der Waals surface area contributed by atoms with Crippen LogP contribution in [0.5, 0.6) is 5.75 Å². The van der Waals surface area contributed by atoms with Gasteiger partial charge in [-0.1, -0.05) is 30.8 Å². The number of aliphatic hydroxyl groups excluding tert-OH is 1. The lowest BCUT2D eigenvalue weighted by atomic mass is 10.1. The summed E-state index contributed by atoms with van der Waals surface area (Å²) in [5, 5.41) is 9.12. The minimum absolute atomic E-state index is 0.246. The zero-order chi connectivity index (χ0) is 23.7. The van der Waals surface area contributed by atoms with Crippen molar-refractivity contribution in [3.63, 3.8) is 0 Å². The van der Waals surface area contributed by atoms with Gasteiger partial charge in [0.15, 0.2) is 0 Å². The number of unbranched alkanes of at least 4 members (excludes halogenated alkanes) is 1. The van der Waals surface area contributed by atoms with Gasteiger partial charge < -0.3 is 14.7 Å². The highest BCUT2D eigenvalue weighted by molar-refractivity contribution is 5.49. The van der Waals surface area contributed by atoms with Crippen molar-refractivity contribution in [3.8, 4) is 5.75 Å². The molecular formula is C26H33F3N2O2. The number of alkyl halides is 3. The molecule has 1 heterocycles. The maximum absolute atomic E-state index is 12.7. The Morgan fingerprint density at radius 1 is 0.970 bits per heavy atom. The molecule has 0 atom stereocenters. The Labute approximate surface area is 194 Å². The largest absolute Gasteiger partial charge is 0.513 e. The molecule has 0 amide bonds. The maximum atomic E-state index is 12.7. The van der Waals surface area contributed by atoms with Crippen LogP contribution in [0.1, 0.15) is 30.4 Å². The lowest BCUT2D eigenvalue weighted by Gasteiger charge is -2.36. The second kappa shape index (κ2) is 12.0. The van der Waals surface area contributed by atoms with Crippen LogP contribution in [0.25, 0.3) is 0 Å². The van der Waals surface area contributed by atoms with Gasteiger partial charge in [0, 0.05) is 44.8 Å². The van der Waals surface area contributed by atoms with Crippen LogP contribution in [0.4, 0.5) is 18.9 Å². The molecule has 4 nitrogen and oxygen atoms in total. The van der Waals surface area contributed by atoms with Gasteiger partial charge in [0.25, 0.3) is 0 Å². The van der Waals surface area contributed by atoms with Crippen LogP contribution in [0.15, 0.2) is 60.9 Å². The van der Waals surface area contributed by atoms with Gasteiger partial charge in [0.2, 0.25) is 0 Å². The Kier molecular flexibility index (Phi) is 9.06. The van der Waals surface area contributed by atoms with Gasteiger partial charge in [-0.25, -0.2) is 0 Å². The van der Waals surface area contributed by atoms with E-state index >= 15 is 0 Å². The summed E-state index contributed by atoms with van der Waals surface area (Å²) in [4.78, 5) is 4.46. The number of aryl methyl sites for hydroxylation is 1. The lowest BCUT2D eigenvalue weighted by molar-refractivity contribution is -0.127. The molecule has 1 aliphatic heterocycles. The molecule has 0 radical (unpaired) electrons. The van der Waals surface area contributed by atoms with Crippen LogP contribution in [0, 0.1) is 0 Å². The first-order valence-electron chi connectivity index (χ1n) is 11.5. The molecule has 2 aromatic rings. The molecule has 1 aliphatic rings. The van der Waals surface area contributed by atoms with Gasteiger partial charge in [0.1, 0.15) is 12.4 Å². The molecule has 0 spiro atoms. The third kappa shape index (κ3) is 9.00. The van der Waals surface area contributed by atoms with Crippen LogP contribution in [0.3, 0.4) is 0 Å². The number of ether oxygens (including phenoxy) is 1. The summed E-state index contributed by atoms with van der Waals surface area (Å²) in [5.41, 5.74) is 2.41. The average molecular weight is 463 g/mol. The first-order valence-corrected chi connectivity index (χ1v) is 11.5. The third-order valence-corrected chi connectivity index (χ3v) is 5.83. The van der Waals surface area contributed by atoms with Crippen molar-refractivity contribution in [2.75, 3.05) is 44.2 Å². The van der Waals surface area contributed by atoms with E-state index in [1.54, 1.807) is 12.1 Å². The van der Waals surface area contributed by atoms with E-state index in [0.717, 1.165) is 63.4 Å². The summed E-state index contributed by atoms with van der Waals surface area (Å²) in [6.07, 6.45) is -1.51. The summed E-state index contributed by atoms with van der Waals surface area (Å²) in [6.45, 7) is 8.19. The van der Waals surface area contributed by atoms with Crippen LogP contribution in [-0.4, -0.2) is 55.5 Å². The molecule has 3 rings (SSSR count). The van der Waals surface area contributed by atoms with E-state index in [-0.39, 0.29) is 5.76 Å². The fraction of sp³-hybridized carbons (Fsp3) is 0.462. The van der Waals surface area contributed by atoms with E-state index in [1.165, 1.54) is 11.6 Å². The molecule has 0 saturated carbocycles. The van der Waals surface area contributed by atoms with Crippen LogP contribution in [0.2, 0.25) is 0 Å². The SMILES string of the molecule is C=C(O)CCCCc1ccc(OCCN2CCN(c3cccc(CC(F)(F)F)c3)CC2)cc1. The minimum atomic E-state index is -4.19. The standard InChI is InChI=1S/C26H33F3N2O2/c1-21(32)5-2-3-6-22-9-11-25(12-10-22)33-18-17-30-13-15-31(16-14-30)24-8-4-7-23(19-24)20-26(27,28)29/h4,7-12,19,32H,1-3,5-6,13-18,20H2. The highest BCUT2D eigenvalue weighted by atomic mass is 19.4. The number of nitrogens with zero attached hydrogens (tertiary/aromatic N) is 2. The summed E-state index contributed by atoms with van der Waals surface area (Å²) >= 11 is 0. The summed E-state index contributed by atoms with van der Waals surface area (Å²) in [5.74, 6) is 1.10. The lowest BCUT2D eigenvalue weighted by Crippen LogP contribution is -2.47. The van der Waals surface area contributed by atoms with Crippen molar-refractivity contribution in [1.29, 1.82) is 0 Å². The zero-order valence-electron chi connectivity index (χ0n) is 19.0. The van der Waals surface area contributed by atoms with E-state index in [0.29, 0.717) is 18.6 Å². The second-order valence-corrected chi connectivity index (χ2v) is 8.56. The van der Waals surface area contributed by atoms with E-state index < -0.39 is 12.6 Å². The van der Waals surface area contributed by atoms with Gasteiger partial charge >= 0.3 is 6.18 Å². The molecule has 7 heteroatoms. The van der Waals surface area contributed by atoms with E-state index in [1.807, 2.05) is 18.2 Å². The van der Waals surface area contributed by atoms with Crippen molar-refractivity contribution in [2.45, 2.75) is 38.3 Å². The molecule has 180 valence electrons. The molecular weight excluding hydrogens is 429 g/mol. The number of aliphatic hydroxyl groups is 1. The number of hydrogen-bond donors (Lipinski definition) is 1. The molecule has 1 N–H and O–H groups in total. The fourth-order valence-electron chi connectivity index (χ4n) is 4.03. The van der Waals surface area contributed by atoms with Gasteiger partial charge in [0.05, 0.1) is 12.2 Å². The highest BCUT2D eigenvalue weighted by Crippen LogP contribution is 2.25. The Morgan fingerprint density at radius 3 is 2.36 bits per heavy atom. The van der Waals surface area contributed by atoms with Crippen molar-refractivity contribution < 1.29 is 23.0 Å². The molecule has 1 saturated heterocycles. The smallest absolute Gasteiger partial charge is 0.393 e. The monoisotopic (exact) mass is 462 g/mol. The van der Waals surface area contributed by atoms with E-state index in [2.05, 4.69) is 28.5 Å². The fourth-order valence-corrected chi connectivity index (χ4v) is 4.03. The van der Waals surface area contributed by atoms with Gasteiger partial charge in [-0.2, -0.15) is 13.2 Å². The number of piperazine rings is 1. The first-order chi connectivity index (χ1) is 15.8. The topological polar surface area (TPSA) is 35.9 Å². The van der Waals surface area contributed by atoms with Gasteiger partial charge in [-0.15, -0.1) is 0 Å². The van der Waals surface area contributed by atoms with Gasteiger partial charge in [-0.05, 0) is 54.7 Å². The molecule has 33 heavy (non-hydrogen) atoms. The third-order valence-electron chi connectivity index (χ3n) is 5.83. The predicted octanol–water partition coefficient (Wildman–Crippen LogP) is 5.78. The number of anilines is 1. The number of benzene rings is 2. The molecule has 1 fully saturated rings. The Balaban J connectivity index is 1.35. The Bertz CT molecular complexity index is 876. The zero-order valence-corrected chi connectivity index (χ0v) is 19.0. The quantitative estimate of drug-likeness (QED) is 0.339. The Morgan fingerprint density at radius 2 is 1.70 bits per heavy atom. The highest BCUT2D eigenvalue weighted by Gasteiger charge is 2.28. The maximum Gasteiger partial charge on any atom is 0.393 e. The van der Waals surface area contributed by atoms with Crippen LogP contribution >= 0.6 is 0 Å². The number of hydrogen-bond acceptors (Lipinski definition) is 4. The van der Waals surface area contributed by atoms with Crippen molar-refractivity contribution in [3.05, 3.63) is 72.0 Å². The van der Waals surface area contributed by atoms with Gasteiger partial charge in [-0.3, -0.25) is 4.90 Å². The van der Waals surface area contributed by atoms with E-state index in [9.17, 15) is 13.2 Å². The van der Waals surface area contributed by atoms with Crippen LogP contribution in [-0.2, 0) is 12.8 Å². The first kappa shape index (κ1) is 25.0. The van der Waals surface area contributed by atoms with E-state index in [4.69, 9.17) is 9.84 Å². The molecule has 0 bridgehead atoms. The second-order valence-electron chi connectivity index (χ2n) is 8.56. The number of rotatable bonds is 11. The normalized spacial score (nSPS) is 14.9. The molecule has 0 aliphatic carbocycles. The summed E-state index contributed by atoms with van der Waals surface area (Å²) < 4.78 is 43.9. The molecule has 2 aromatic carbocycles. The number of allylic oxidation sites excluding steroid dienone is 1. The van der Waals surface area contributed by atoms with Crippen molar-refractivity contribution >= 4 is 5.69 Å². The average Bonchev–Trinajstić information content (AvgIpc) is 2.77. The van der Waals surface area contributed by atoms with Crippen molar-refractivity contribution in [2.24, 2.45) is 0 Å². The summed E-state index contributed by atoms with van der Waals surface area (Å²) in [6, 6.07) is 14.9. The Hall–Kier alpha value is -2.67. The van der Waals surface area contributed by atoms with Crippen LogP contribution < -0.4 is 9.64 Å². The minimum Gasteiger partial charge on any atom is -0.513 e. The predicted molar refractivity (Wildman–Crippen MR) is 126 cm³/mol. The summed E-state index contributed by atoms with van der Waals surface area (Å²) in [7, 11) is 0. The van der Waals surface area contributed by atoms with Crippen molar-refractivity contribution in [1.82, 2.24) is 4.90 Å².